The first kappa shape index (κ1) is 30.9. The summed E-state index contributed by atoms with van der Waals surface area (Å²) in [7, 11) is -2.25. The van der Waals surface area contributed by atoms with Crippen molar-refractivity contribution in [1.29, 1.82) is 0 Å². The average molecular weight is 596 g/mol. The molecule has 1 aliphatic heterocycles. The molecule has 1 unspecified atom stereocenters. The molecule has 0 saturated heterocycles. The van der Waals surface area contributed by atoms with E-state index < -0.39 is 19.7 Å². The molecule has 1 amide bonds. The number of hydrogen-bond acceptors (Lipinski definition) is 8. The van der Waals surface area contributed by atoms with Crippen molar-refractivity contribution in [3.05, 3.63) is 57.8 Å². The molecule has 0 spiro atoms. The minimum absolute atomic E-state index is 0.104. The minimum Gasteiger partial charge on any atom is -0.452 e. The zero-order chi connectivity index (χ0) is 29.6. The lowest BCUT2D eigenvalue weighted by Gasteiger charge is -2.27. The Morgan fingerprint density at radius 1 is 1.10 bits per heavy atom. The van der Waals surface area contributed by atoms with Crippen molar-refractivity contribution in [1.82, 2.24) is 15.6 Å². The Balaban J connectivity index is 1.69. The summed E-state index contributed by atoms with van der Waals surface area (Å²) in [5.74, 6) is -1.79. The van der Waals surface area contributed by atoms with Crippen LogP contribution in [0.5, 0.6) is 0 Å². The van der Waals surface area contributed by atoms with Crippen LogP contribution in [0.3, 0.4) is 0 Å². The van der Waals surface area contributed by atoms with Gasteiger partial charge in [0.05, 0.1) is 13.2 Å². The number of nitrogens with one attached hydrogen (secondary N) is 2. The van der Waals surface area contributed by atoms with Gasteiger partial charge in [0.2, 0.25) is 0 Å². The lowest BCUT2D eigenvalue weighted by atomic mass is 9.88. The molecule has 0 radical (unpaired) electrons. The van der Waals surface area contributed by atoms with Gasteiger partial charge in [0.25, 0.3) is 0 Å². The molecule has 0 bridgehead atoms. The van der Waals surface area contributed by atoms with Gasteiger partial charge in [0, 0.05) is 12.6 Å². The molecule has 0 fully saturated rings. The number of alkyl halides is 3. The van der Waals surface area contributed by atoms with Crippen molar-refractivity contribution in [3.8, 4) is 11.5 Å². The topological polar surface area (TPSA) is 120 Å². The van der Waals surface area contributed by atoms with Gasteiger partial charge in [-0.15, -0.1) is 0 Å². The maximum atomic E-state index is 14.7. The van der Waals surface area contributed by atoms with Crippen LogP contribution in [-0.4, -0.2) is 50.4 Å². The lowest BCUT2D eigenvalue weighted by Crippen LogP contribution is -2.37. The molecule has 222 valence electrons. The number of nitrogens with zero attached hydrogens (tertiary/aromatic N) is 1. The van der Waals surface area contributed by atoms with Crippen LogP contribution in [-0.2, 0) is 31.2 Å². The molecule has 41 heavy (non-hydrogen) atoms. The molecule has 0 saturated carbocycles. The Morgan fingerprint density at radius 2 is 1.80 bits per heavy atom. The van der Waals surface area contributed by atoms with E-state index in [2.05, 4.69) is 16.9 Å². The van der Waals surface area contributed by atoms with E-state index in [1.165, 1.54) is 12.1 Å². The number of benzene rings is 2. The van der Waals surface area contributed by atoms with Gasteiger partial charge >= 0.3 is 19.7 Å². The normalized spacial score (nSPS) is 15.2. The van der Waals surface area contributed by atoms with E-state index in [0.717, 1.165) is 30.5 Å². The van der Waals surface area contributed by atoms with Crippen molar-refractivity contribution in [2.75, 3.05) is 33.4 Å². The highest BCUT2D eigenvalue weighted by Crippen LogP contribution is 2.51. The van der Waals surface area contributed by atoms with E-state index in [1.54, 1.807) is 6.07 Å². The number of carbonyl (C=O) groups excluding carboxylic acids is 1. The molecular weight excluding hydrogens is 562 g/mol. The number of unbranched alkanes of at least 4 members (excludes halogenated alkanes) is 2. The van der Waals surface area contributed by atoms with Crippen molar-refractivity contribution in [2.45, 2.75) is 51.1 Å². The van der Waals surface area contributed by atoms with Crippen LogP contribution < -0.4 is 21.4 Å². The summed E-state index contributed by atoms with van der Waals surface area (Å²) in [5.41, 5.74) is 3.39. The molecule has 3 aliphatic rings. The van der Waals surface area contributed by atoms with E-state index >= 15 is 0 Å². The Morgan fingerprint density at radius 3 is 2.49 bits per heavy atom. The van der Waals surface area contributed by atoms with Crippen LogP contribution in [0.25, 0.3) is 22.6 Å². The molecule has 9 nitrogen and oxygen atoms in total. The van der Waals surface area contributed by atoms with E-state index in [0.29, 0.717) is 36.0 Å². The second-order valence-corrected chi connectivity index (χ2v) is 11.9. The van der Waals surface area contributed by atoms with Gasteiger partial charge in [-0.25, -0.2) is 4.98 Å². The number of allylic oxidation sites excluding steroid dienone is 1. The summed E-state index contributed by atoms with van der Waals surface area (Å²) in [5, 5.41) is 5.09. The highest BCUT2D eigenvalue weighted by molar-refractivity contribution is 7.62. The van der Waals surface area contributed by atoms with Gasteiger partial charge in [-0.1, -0.05) is 12.2 Å². The second-order valence-electron chi connectivity index (χ2n) is 9.92. The summed E-state index contributed by atoms with van der Waals surface area (Å²) >= 11 is 0. The summed E-state index contributed by atoms with van der Waals surface area (Å²) < 4.78 is 70.1. The van der Waals surface area contributed by atoms with Gasteiger partial charge in [-0.3, -0.25) is 14.2 Å². The largest absolute Gasteiger partial charge is 0.471 e. The fourth-order valence-corrected chi connectivity index (χ4v) is 6.68. The van der Waals surface area contributed by atoms with Gasteiger partial charge in [0.15, 0.2) is 16.8 Å². The van der Waals surface area contributed by atoms with E-state index in [9.17, 15) is 27.3 Å². The first-order valence-corrected chi connectivity index (χ1v) is 15.0. The number of halogens is 3. The van der Waals surface area contributed by atoms with E-state index in [4.69, 9.17) is 13.5 Å². The first-order chi connectivity index (χ1) is 19.5. The standard InChI is InChI=1S/C28H33F3N3O6P/c1-18-7-8-19-16-23-25(40-24-17-20(35)9-10-22(24)34-23)26(21(19)15-18)41(37,38-13-5-3-11-32-2)39-14-6-4-12-33-27(36)28(29,30)31/h9-10,16-17,32H,1,3-8,11-15H2,2H3,(H,33,36). The van der Waals surface area contributed by atoms with Crippen LogP contribution >= 0.6 is 7.60 Å². The first-order valence-electron chi connectivity index (χ1n) is 13.5. The third-order valence-electron chi connectivity index (χ3n) is 6.72. The molecule has 13 heteroatoms. The average Bonchev–Trinajstić information content (AvgIpc) is 2.92. The predicted molar refractivity (Wildman–Crippen MR) is 149 cm³/mol. The number of fused-ring (bicyclic) bond motifs is 3. The van der Waals surface area contributed by atoms with Crippen molar-refractivity contribution in [2.24, 2.45) is 0 Å². The molecule has 0 aromatic heterocycles. The van der Waals surface area contributed by atoms with Crippen LogP contribution in [0.2, 0.25) is 0 Å². The smallest absolute Gasteiger partial charge is 0.452 e. The van der Waals surface area contributed by atoms with Crippen LogP contribution in [0, 0.1) is 0 Å². The number of amides is 1. The van der Waals surface area contributed by atoms with Gasteiger partial charge in [-0.2, -0.15) is 13.2 Å². The number of rotatable bonds is 13. The molecular formula is C28H33F3N3O6P. The second kappa shape index (κ2) is 13.3. The molecule has 4 rings (SSSR count). The quantitative estimate of drug-likeness (QED) is 0.127. The number of aromatic nitrogens is 1. The highest BCUT2D eigenvalue weighted by atomic mass is 31.2. The Hall–Kier alpha value is -3.05. The van der Waals surface area contributed by atoms with Gasteiger partial charge < -0.3 is 24.1 Å². The maximum Gasteiger partial charge on any atom is 0.471 e. The predicted octanol–water partition coefficient (Wildman–Crippen LogP) is 4.65. The maximum absolute atomic E-state index is 14.7. The Labute approximate surface area is 235 Å². The molecule has 1 aromatic carbocycles. The summed E-state index contributed by atoms with van der Waals surface area (Å²) in [4.78, 5) is 27.8. The van der Waals surface area contributed by atoms with Crippen LogP contribution in [0.4, 0.5) is 13.2 Å². The Bertz CT molecular complexity index is 1490. The molecule has 2 aliphatic carbocycles. The van der Waals surface area contributed by atoms with Crippen molar-refractivity contribution < 1.29 is 36.0 Å². The molecule has 1 heterocycles. The SMILES string of the molecule is C=C1CCc2cc3nc4ccc(=O)cc-4oc3c(P(=O)(OCCCCNC)OCCCCNC(=O)C(F)(F)F)c2C1. The molecule has 1 aromatic rings. The summed E-state index contributed by atoms with van der Waals surface area (Å²) in [6.45, 7) is 4.66. The fraction of sp³-hybridized carbons (Fsp3) is 0.464. The number of carbonyl (C=O) groups is 1. The highest BCUT2D eigenvalue weighted by Gasteiger charge is 2.39. The lowest BCUT2D eigenvalue weighted by molar-refractivity contribution is -0.173. The third kappa shape index (κ3) is 7.62. The zero-order valence-electron chi connectivity index (χ0n) is 22.8. The number of hydrogen-bond donors (Lipinski definition) is 2. The third-order valence-corrected chi connectivity index (χ3v) is 8.79. The Kier molecular flexibility index (Phi) is 10.0. The zero-order valence-corrected chi connectivity index (χ0v) is 23.7. The molecule has 2 N–H and O–H groups in total. The summed E-state index contributed by atoms with van der Waals surface area (Å²) in [6, 6.07) is 6.14. The van der Waals surface area contributed by atoms with E-state index in [1.807, 2.05) is 18.4 Å². The van der Waals surface area contributed by atoms with Crippen LogP contribution in [0.1, 0.15) is 43.2 Å². The molecule has 1 atom stereocenters. The van der Waals surface area contributed by atoms with Crippen molar-refractivity contribution >= 4 is 29.9 Å². The van der Waals surface area contributed by atoms with Gasteiger partial charge in [0.1, 0.15) is 16.5 Å². The van der Waals surface area contributed by atoms with E-state index in [-0.39, 0.29) is 54.7 Å². The minimum atomic E-state index is -4.96. The monoisotopic (exact) mass is 595 g/mol. The summed E-state index contributed by atoms with van der Waals surface area (Å²) in [6.07, 6.45) is -1.40. The van der Waals surface area contributed by atoms with Gasteiger partial charge in [-0.05, 0) is 87.9 Å². The van der Waals surface area contributed by atoms with Crippen LogP contribution in [0.15, 0.2) is 45.6 Å². The van der Waals surface area contributed by atoms with Crippen molar-refractivity contribution in [3.63, 3.8) is 0 Å². The number of aryl methyl sites for hydroxylation is 1. The fourth-order valence-electron chi connectivity index (χ4n) is 4.65.